The first-order valence-corrected chi connectivity index (χ1v) is 8.08. The molecule has 23 heavy (non-hydrogen) atoms. The van der Waals surface area contributed by atoms with E-state index < -0.39 is 0 Å². The van der Waals surface area contributed by atoms with E-state index >= 15 is 0 Å². The smallest absolute Gasteiger partial charge is 0.239 e. The Balaban J connectivity index is 1.82. The molecule has 124 valence electrons. The van der Waals surface area contributed by atoms with Crippen LogP contribution in [0.4, 0.5) is 0 Å². The fourth-order valence-corrected chi connectivity index (χ4v) is 2.53. The second-order valence-corrected chi connectivity index (χ2v) is 6.07. The van der Waals surface area contributed by atoms with E-state index in [2.05, 4.69) is 20.8 Å². The lowest BCUT2D eigenvalue weighted by molar-refractivity contribution is -0.125. The van der Waals surface area contributed by atoms with Crippen LogP contribution in [0.25, 0.3) is 11.6 Å². The van der Waals surface area contributed by atoms with Gasteiger partial charge >= 0.3 is 0 Å². The van der Waals surface area contributed by atoms with Crippen molar-refractivity contribution in [1.29, 1.82) is 0 Å². The van der Waals surface area contributed by atoms with Gasteiger partial charge in [-0.2, -0.15) is 0 Å². The lowest BCUT2D eigenvalue weighted by Crippen LogP contribution is -2.40. The minimum absolute atomic E-state index is 0.0337. The quantitative estimate of drug-likeness (QED) is 0.725. The first-order chi connectivity index (χ1) is 11.0. The Labute approximate surface area is 138 Å². The molecule has 2 amide bonds. The predicted octanol–water partition coefficient (Wildman–Crippen LogP) is 0.808. The monoisotopic (exact) mass is 337 g/mol. The Bertz CT molecular complexity index is 666. The highest BCUT2D eigenvalue weighted by molar-refractivity contribution is 7.99. The van der Waals surface area contributed by atoms with Crippen molar-refractivity contribution < 1.29 is 14.0 Å². The summed E-state index contributed by atoms with van der Waals surface area (Å²) < 4.78 is 7.03. The maximum absolute atomic E-state index is 11.8. The Morgan fingerprint density at radius 3 is 2.78 bits per heavy atom. The Morgan fingerprint density at radius 2 is 2.13 bits per heavy atom. The number of rotatable bonds is 7. The number of nitrogens with one attached hydrogen (secondary N) is 2. The molecule has 0 radical (unpaired) electrons. The van der Waals surface area contributed by atoms with Crippen LogP contribution in [-0.4, -0.2) is 44.9 Å². The maximum Gasteiger partial charge on any atom is 0.239 e. The van der Waals surface area contributed by atoms with Crippen LogP contribution in [-0.2, 0) is 16.6 Å². The molecular weight excluding hydrogens is 318 g/mol. The second-order valence-electron chi connectivity index (χ2n) is 5.13. The topological polar surface area (TPSA) is 102 Å². The van der Waals surface area contributed by atoms with Gasteiger partial charge in [0.2, 0.25) is 11.8 Å². The molecule has 0 atom stereocenters. The summed E-state index contributed by atoms with van der Waals surface area (Å²) in [5.41, 5.74) is 0. The Hall–Kier alpha value is -2.29. The van der Waals surface area contributed by atoms with E-state index in [0.29, 0.717) is 16.7 Å². The standard InChI is InChI=1S/C14H19N5O3S/c1-9(2)16-11(20)7-15-12(21)8-23-14-18-17-13(19(14)3)10-5-4-6-22-10/h4-6,9H,7-8H2,1-3H3,(H,15,21)(H,16,20). The number of carbonyl (C=O) groups is 2. The first-order valence-electron chi connectivity index (χ1n) is 7.09. The molecule has 2 N–H and O–H groups in total. The summed E-state index contributed by atoms with van der Waals surface area (Å²) in [4.78, 5) is 23.2. The average molecular weight is 337 g/mol. The lowest BCUT2D eigenvalue weighted by Gasteiger charge is -2.09. The van der Waals surface area contributed by atoms with Crippen LogP contribution >= 0.6 is 11.8 Å². The molecule has 0 bridgehead atoms. The number of amides is 2. The van der Waals surface area contributed by atoms with Gasteiger partial charge in [0, 0.05) is 13.1 Å². The number of hydrogen-bond acceptors (Lipinski definition) is 6. The van der Waals surface area contributed by atoms with Gasteiger partial charge in [-0.1, -0.05) is 11.8 Å². The van der Waals surface area contributed by atoms with Crippen molar-refractivity contribution in [2.75, 3.05) is 12.3 Å². The molecule has 8 nitrogen and oxygen atoms in total. The lowest BCUT2D eigenvalue weighted by atomic mass is 10.4. The first kappa shape index (κ1) is 17.1. The highest BCUT2D eigenvalue weighted by Gasteiger charge is 2.14. The van der Waals surface area contributed by atoms with Crippen LogP contribution in [0.2, 0.25) is 0 Å². The van der Waals surface area contributed by atoms with Crippen molar-refractivity contribution in [2.24, 2.45) is 7.05 Å². The molecular formula is C14H19N5O3S. The van der Waals surface area contributed by atoms with Gasteiger partial charge in [-0.3, -0.25) is 9.59 Å². The average Bonchev–Trinajstić information content (AvgIpc) is 3.12. The second kappa shape index (κ2) is 7.82. The maximum atomic E-state index is 11.8. The summed E-state index contributed by atoms with van der Waals surface area (Å²) in [7, 11) is 1.80. The minimum Gasteiger partial charge on any atom is -0.461 e. The van der Waals surface area contributed by atoms with Gasteiger partial charge in [0.15, 0.2) is 16.7 Å². The van der Waals surface area contributed by atoms with Gasteiger partial charge in [0.25, 0.3) is 0 Å². The number of thioether (sulfide) groups is 1. The van der Waals surface area contributed by atoms with Gasteiger partial charge in [-0.05, 0) is 26.0 Å². The molecule has 0 saturated heterocycles. The zero-order valence-electron chi connectivity index (χ0n) is 13.2. The van der Waals surface area contributed by atoms with Crippen LogP contribution in [0.15, 0.2) is 28.0 Å². The number of aromatic nitrogens is 3. The third-order valence-electron chi connectivity index (χ3n) is 2.80. The summed E-state index contributed by atoms with van der Waals surface area (Å²) in [5, 5.41) is 13.9. The van der Waals surface area contributed by atoms with Crippen molar-refractivity contribution in [3.05, 3.63) is 18.4 Å². The number of carbonyl (C=O) groups excluding carboxylic acids is 2. The molecule has 0 aliphatic carbocycles. The Kier molecular flexibility index (Phi) is 5.80. The van der Waals surface area contributed by atoms with Crippen LogP contribution in [0.5, 0.6) is 0 Å². The van der Waals surface area contributed by atoms with Gasteiger partial charge < -0.3 is 19.6 Å². The fraction of sp³-hybridized carbons (Fsp3) is 0.429. The van der Waals surface area contributed by atoms with E-state index in [4.69, 9.17) is 4.42 Å². The molecule has 0 fully saturated rings. The molecule has 0 aromatic carbocycles. The SMILES string of the molecule is CC(C)NC(=O)CNC(=O)CSc1nnc(-c2ccco2)n1C. The van der Waals surface area contributed by atoms with Crippen molar-refractivity contribution in [1.82, 2.24) is 25.4 Å². The molecule has 9 heteroatoms. The van der Waals surface area contributed by atoms with Crippen LogP contribution in [0, 0.1) is 0 Å². The van der Waals surface area contributed by atoms with Crippen molar-refractivity contribution in [3.8, 4) is 11.6 Å². The molecule has 0 aliphatic rings. The van der Waals surface area contributed by atoms with Crippen LogP contribution in [0.1, 0.15) is 13.8 Å². The van der Waals surface area contributed by atoms with E-state index in [9.17, 15) is 9.59 Å². The fourth-order valence-electron chi connectivity index (χ4n) is 1.79. The third kappa shape index (κ3) is 4.85. The van der Waals surface area contributed by atoms with Gasteiger partial charge in [0.1, 0.15) is 0 Å². The summed E-state index contributed by atoms with van der Waals surface area (Å²) in [6.45, 7) is 3.69. The summed E-state index contributed by atoms with van der Waals surface area (Å²) in [5.74, 6) is 0.906. The van der Waals surface area contributed by atoms with E-state index in [0.717, 1.165) is 0 Å². The van der Waals surface area contributed by atoms with Gasteiger partial charge in [-0.25, -0.2) is 0 Å². The molecule has 2 heterocycles. The molecule has 0 saturated carbocycles. The molecule has 2 aromatic rings. The number of nitrogens with zero attached hydrogens (tertiary/aromatic N) is 3. The predicted molar refractivity (Wildman–Crippen MR) is 85.7 cm³/mol. The zero-order valence-corrected chi connectivity index (χ0v) is 14.0. The van der Waals surface area contributed by atoms with Crippen molar-refractivity contribution >= 4 is 23.6 Å². The normalized spacial score (nSPS) is 10.8. The molecule has 0 unspecified atom stereocenters. The Morgan fingerprint density at radius 1 is 1.35 bits per heavy atom. The third-order valence-corrected chi connectivity index (χ3v) is 3.82. The highest BCUT2D eigenvalue weighted by Crippen LogP contribution is 2.22. The highest BCUT2D eigenvalue weighted by atomic mass is 32.2. The largest absolute Gasteiger partial charge is 0.461 e. The van der Waals surface area contributed by atoms with Crippen LogP contribution in [0.3, 0.4) is 0 Å². The van der Waals surface area contributed by atoms with E-state index in [-0.39, 0.29) is 30.2 Å². The van der Waals surface area contributed by atoms with Crippen LogP contribution < -0.4 is 10.6 Å². The molecule has 0 aliphatic heterocycles. The van der Waals surface area contributed by atoms with Gasteiger partial charge in [-0.15, -0.1) is 10.2 Å². The van der Waals surface area contributed by atoms with E-state index in [1.165, 1.54) is 11.8 Å². The van der Waals surface area contributed by atoms with Gasteiger partial charge in [0.05, 0.1) is 18.6 Å². The summed E-state index contributed by atoms with van der Waals surface area (Å²) in [6, 6.07) is 3.61. The molecule has 2 aromatic heterocycles. The summed E-state index contributed by atoms with van der Waals surface area (Å²) in [6.07, 6.45) is 1.56. The molecule has 2 rings (SSSR count). The summed E-state index contributed by atoms with van der Waals surface area (Å²) >= 11 is 1.24. The zero-order chi connectivity index (χ0) is 16.8. The van der Waals surface area contributed by atoms with E-state index in [1.54, 1.807) is 30.0 Å². The van der Waals surface area contributed by atoms with E-state index in [1.807, 2.05) is 13.8 Å². The minimum atomic E-state index is -0.239. The number of hydrogen-bond donors (Lipinski definition) is 2. The molecule has 0 spiro atoms. The number of furan rings is 1. The van der Waals surface area contributed by atoms with Crippen molar-refractivity contribution in [3.63, 3.8) is 0 Å². The van der Waals surface area contributed by atoms with Crippen molar-refractivity contribution in [2.45, 2.75) is 25.0 Å².